The first-order chi connectivity index (χ1) is 12.2. The van der Waals surface area contributed by atoms with E-state index in [1.54, 1.807) is 4.90 Å². The zero-order valence-corrected chi connectivity index (χ0v) is 16.8. The number of anilines is 1. The molecule has 1 heterocycles. The van der Waals surface area contributed by atoms with Gasteiger partial charge in [0, 0.05) is 19.5 Å². The monoisotopic (exact) mass is 380 g/mol. The molecule has 0 saturated carbocycles. The van der Waals surface area contributed by atoms with Crippen LogP contribution in [0.1, 0.15) is 38.3 Å². The molecule has 144 valence electrons. The van der Waals surface area contributed by atoms with Crippen molar-refractivity contribution in [3.63, 3.8) is 0 Å². The van der Waals surface area contributed by atoms with Gasteiger partial charge in [0.25, 0.3) is 0 Å². The molecule has 0 radical (unpaired) electrons. The summed E-state index contributed by atoms with van der Waals surface area (Å²) >= 11 is 0. The molecule has 0 N–H and O–H groups in total. The van der Waals surface area contributed by atoms with Crippen molar-refractivity contribution >= 4 is 27.3 Å². The van der Waals surface area contributed by atoms with Crippen LogP contribution >= 0.6 is 0 Å². The molecule has 2 rings (SSSR count). The lowest BCUT2D eigenvalue weighted by atomic mass is 10.0. The highest BCUT2D eigenvalue weighted by atomic mass is 32.2. The van der Waals surface area contributed by atoms with Crippen LogP contribution in [0.15, 0.2) is 18.2 Å². The zero-order chi connectivity index (χ0) is 19.5. The van der Waals surface area contributed by atoms with Crippen molar-refractivity contribution in [2.24, 2.45) is 0 Å². The number of aryl methyl sites for hydroxylation is 2. The largest absolute Gasteiger partial charge is 0.337 e. The van der Waals surface area contributed by atoms with Gasteiger partial charge in [-0.15, -0.1) is 0 Å². The molecule has 7 heteroatoms. The summed E-state index contributed by atoms with van der Waals surface area (Å²) in [5, 5.41) is 0. The Bertz CT molecular complexity index is 789. The van der Waals surface area contributed by atoms with Crippen LogP contribution in [-0.4, -0.2) is 55.8 Å². The topological polar surface area (TPSA) is 74.8 Å². The Balaban J connectivity index is 2.27. The van der Waals surface area contributed by atoms with E-state index in [1.165, 1.54) is 11.8 Å². The van der Waals surface area contributed by atoms with Crippen LogP contribution in [0.2, 0.25) is 0 Å². The van der Waals surface area contributed by atoms with Crippen molar-refractivity contribution in [2.45, 2.75) is 46.6 Å². The molecule has 1 aliphatic rings. The molecule has 0 aliphatic carbocycles. The zero-order valence-electron chi connectivity index (χ0n) is 16.0. The van der Waals surface area contributed by atoms with E-state index in [9.17, 15) is 18.0 Å². The molecule has 1 aromatic rings. The Morgan fingerprint density at radius 1 is 1.23 bits per heavy atom. The number of rotatable bonds is 6. The van der Waals surface area contributed by atoms with Gasteiger partial charge >= 0.3 is 0 Å². The number of carbonyl (C=O) groups excluding carboxylic acids is 2. The van der Waals surface area contributed by atoms with E-state index >= 15 is 0 Å². The lowest BCUT2D eigenvalue weighted by Gasteiger charge is -2.31. The van der Waals surface area contributed by atoms with E-state index in [2.05, 4.69) is 0 Å². The first kappa shape index (κ1) is 20.4. The highest BCUT2D eigenvalue weighted by molar-refractivity contribution is 7.91. The number of amides is 2. The molecule has 1 aromatic carbocycles. The van der Waals surface area contributed by atoms with E-state index in [4.69, 9.17) is 0 Å². The van der Waals surface area contributed by atoms with E-state index < -0.39 is 9.84 Å². The third-order valence-electron chi connectivity index (χ3n) is 4.96. The van der Waals surface area contributed by atoms with Gasteiger partial charge in [-0.05, 0) is 37.8 Å². The summed E-state index contributed by atoms with van der Waals surface area (Å²) in [4.78, 5) is 28.3. The molecule has 1 fully saturated rings. The molecule has 1 saturated heterocycles. The highest BCUT2D eigenvalue weighted by Gasteiger charge is 2.34. The first-order valence-electron chi connectivity index (χ1n) is 9.06. The van der Waals surface area contributed by atoms with E-state index in [1.807, 2.05) is 39.0 Å². The van der Waals surface area contributed by atoms with Crippen molar-refractivity contribution in [1.29, 1.82) is 0 Å². The summed E-state index contributed by atoms with van der Waals surface area (Å²) in [7, 11) is -3.07. The van der Waals surface area contributed by atoms with Crippen LogP contribution in [0.5, 0.6) is 0 Å². The molecule has 1 aliphatic heterocycles. The Morgan fingerprint density at radius 3 is 2.42 bits per heavy atom. The Labute approximate surface area is 156 Å². The highest BCUT2D eigenvalue weighted by Crippen LogP contribution is 2.26. The molecule has 0 aromatic heterocycles. The number of hydrogen-bond donors (Lipinski definition) is 0. The second-order valence-electron chi connectivity index (χ2n) is 6.78. The van der Waals surface area contributed by atoms with Crippen molar-refractivity contribution in [2.75, 3.05) is 29.5 Å². The fourth-order valence-electron chi connectivity index (χ4n) is 3.62. The molecule has 0 spiro atoms. The minimum Gasteiger partial charge on any atom is -0.337 e. The summed E-state index contributed by atoms with van der Waals surface area (Å²) in [5.74, 6) is -0.278. The number of hydrogen-bond acceptors (Lipinski definition) is 4. The van der Waals surface area contributed by atoms with Gasteiger partial charge in [-0.25, -0.2) is 8.42 Å². The first-order valence-corrected chi connectivity index (χ1v) is 10.9. The minimum absolute atomic E-state index is 0.0111. The fourth-order valence-corrected chi connectivity index (χ4v) is 5.36. The third-order valence-corrected chi connectivity index (χ3v) is 6.71. The van der Waals surface area contributed by atoms with Crippen LogP contribution in [0.3, 0.4) is 0 Å². The SMILES string of the molecule is CCc1cccc(C)c1N(CC(=O)N(CC)C1CCS(=O)(=O)C1)C(C)=O. The predicted octanol–water partition coefficient (Wildman–Crippen LogP) is 1.95. The summed E-state index contributed by atoms with van der Waals surface area (Å²) in [5.41, 5.74) is 2.74. The lowest BCUT2D eigenvalue weighted by molar-refractivity contribution is -0.132. The van der Waals surface area contributed by atoms with Crippen LogP contribution in [-0.2, 0) is 25.8 Å². The third kappa shape index (κ3) is 4.44. The Hall–Kier alpha value is -1.89. The smallest absolute Gasteiger partial charge is 0.242 e. The van der Waals surface area contributed by atoms with Gasteiger partial charge in [-0.2, -0.15) is 0 Å². The number of carbonyl (C=O) groups is 2. The molecule has 0 bridgehead atoms. The van der Waals surface area contributed by atoms with Crippen molar-refractivity contribution < 1.29 is 18.0 Å². The van der Waals surface area contributed by atoms with Gasteiger partial charge in [-0.3, -0.25) is 9.59 Å². The molecule has 1 atom stereocenters. The maximum atomic E-state index is 12.9. The van der Waals surface area contributed by atoms with Crippen molar-refractivity contribution in [3.05, 3.63) is 29.3 Å². The average Bonchev–Trinajstić information content (AvgIpc) is 2.93. The summed E-state index contributed by atoms with van der Waals surface area (Å²) in [6, 6.07) is 5.54. The van der Waals surface area contributed by atoms with Crippen LogP contribution in [0.4, 0.5) is 5.69 Å². The maximum Gasteiger partial charge on any atom is 0.242 e. The summed E-state index contributed by atoms with van der Waals surface area (Å²) < 4.78 is 23.5. The lowest BCUT2D eigenvalue weighted by Crippen LogP contribution is -2.47. The standard InChI is InChI=1S/C19H28N2O4S/c1-5-16-9-7-8-14(3)19(16)21(15(4)22)12-18(23)20(6-2)17-10-11-26(24,25)13-17/h7-9,17H,5-6,10-13H2,1-4H3. The second-order valence-corrected chi connectivity index (χ2v) is 9.01. The normalized spacial score (nSPS) is 18.5. The number of sulfone groups is 1. The van der Waals surface area contributed by atoms with Crippen molar-refractivity contribution in [3.8, 4) is 0 Å². The van der Waals surface area contributed by atoms with Gasteiger partial charge < -0.3 is 9.80 Å². The second kappa shape index (κ2) is 8.20. The molecular weight excluding hydrogens is 352 g/mol. The molecule has 6 nitrogen and oxygen atoms in total. The molecule has 1 unspecified atom stereocenters. The van der Waals surface area contributed by atoms with Crippen LogP contribution in [0, 0.1) is 6.92 Å². The van der Waals surface area contributed by atoms with E-state index in [0.717, 1.165) is 23.2 Å². The fraction of sp³-hybridized carbons (Fsp3) is 0.579. The van der Waals surface area contributed by atoms with Gasteiger partial charge in [0.05, 0.1) is 17.2 Å². The summed E-state index contributed by atoms with van der Waals surface area (Å²) in [6.07, 6.45) is 1.22. The number of benzene rings is 1. The molecular formula is C19H28N2O4S. The van der Waals surface area contributed by atoms with Gasteiger partial charge in [0.1, 0.15) is 6.54 Å². The number of nitrogens with zero attached hydrogens (tertiary/aromatic N) is 2. The average molecular weight is 381 g/mol. The number of para-hydroxylation sites is 1. The molecule has 26 heavy (non-hydrogen) atoms. The number of likely N-dealkylation sites (N-methyl/N-ethyl adjacent to an activating group) is 1. The predicted molar refractivity (Wildman–Crippen MR) is 103 cm³/mol. The van der Waals surface area contributed by atoms with E-state index in [-0.39, 0.29) is 35.9 Å². The quantitative estimate of drug-likeness (QED) is 0.756. The Kier molecular flexibility index (Phi) is 6.44. The van der Waals surface area contributed by atoms with Gasteiger partial charge in [0.15, 0.2) is 9.84 Å². The van der Waals surface area contributed by atoms with Gasteiger partial charge in [-0.1, -0.05) is 25.1 Å². The molecule has 2 amide bonds. The van der Waals surface area contributed by atoms with Crippen molar-refractivity contribution in [1.82, 2.24) is 4.90 Å². The van der Waals surface area contributed by atoms with Gasteiger partial charge in [0.2, 0.25) is 11.8 Å². The summed E-state index contributed by atoms with van der Waals surface area (Å²) in [6.45, 7) is 7.59. The van der Waals surface area contributed by atoms with E-state index in [0.29, 0.717) is 13.0 Å². The van der Waals surface area contributed by atoms with Crippen LogP contribution < -0.4 is 4.90 Å². The minimum atomic E-state index is -3.07. The van der Waals surface area contributed by atoms with Crippen LogP contribution in [0.25, 0.3) is 0 Å². The maximum absolute atomic E-state index is 12.9. The Morgan fingerprint density at radius 2 is 1.92 bits per heavy atom.